The van der Waals surface area contributed by atoms with Crippen LogP contribution in [0.1, 0.15) is 55.2 Å². The average Bonchev–Trinajstić information content (AvgIpc) is 2.95. The quantitative estimate of drug-likeness (QED) is 0.881. The molecule has 4 heteroatoms. The summed E-state index contributed by atoms with van der Waals surface area (Å²) in [6, 6.07) is 7.32. The van der Waals surface area contributed by atoms with Gasteiger partial charge in [0.15, 0.2) is 0 Å². The summed E-state index contributed by atoms with van der Waals surface area (Å²) >= 11 is 0. The van der Waals surface area contributed by atoms with Crippen molar-refractivity contribution in [3.63, 3.8) is 0 Å². The number of fused-ring (bicyclic) bond motifs is 3. The third kappa shape index (κ3) is 3.62. The van der Waals surface area contributed by atoms with Crippen LogP contribution in [0, 0.1) is 11.8 Å². The molecule has 0 aliphatic heterocycles. The van der Waals surface area contributed by atoms with Crippen molar-refractivity contribution < 1.29 is 4.79 Å². The monoisotopic (exact) mass is 348 g/mol. The molecule has 2 saturated carbocycles. The summed E-state index contributed by atoms with van der Waals surface area (Å²) in [7, 11) is 0. The van der Waals surface area contributed by atoms with E-state index in [4.69, 9.17) is 5.73 Å². The molecule has 3 aliphatic rings. The Balaban J connectivity index is 0.00000169. The van der Waals surface area contributed by atoms with Gasteiger partial charge in [0.25, 0.3) is 0 Å². The lowest BCUT2D eigenvalue weighted by Crippen LogP contribution is -2.54. The molecule has 2 unspecified atom stereocenters. The molecule has 4 rings (SSSR count). The number of carbonyl (C=O) groups excluding carboxylic acids is 1. The zero-order valence-electron chi connectivity index (χ0n) is 14.3. The van der Waals surface area contributed by atoms with E-state index in [1.165, 1.54) is 55.2 Å². The minimum atomic E-state index is 0. The SMILES string of the molecule is Cl.NC1CC2CCCC(C1)C2NC(=O)Cc1ccc2c(c1)CCC2. The Bertz CT molecular complexity index is 589. The molecule has 1 aromatic rings. The van der Waals surface area contributed by atoms with Gasteiger partial charge in [-0.2, -0.15) is 0 Å². The van der Waals surface area contributed by atoms with E-state index in [0.29, 0.717) is 30.3 Å². The van der Waals surface area contributed by atoms with Crippen LogP contribution in [0.25, 0.3) is 0 Å². The molecule has 3 nitrogen and oxygen atoms in total. The maximum Gasteiger partial charge on any atom is 0.224 e. The standard InChI is InChI=1S/C20H28N2O.ClH/c21-18-11-16-5-2-6-17(12-18)20(16)22-19(23)10-13-7-8-14-3-1-4-15(14)9-13;/h7-9,16-18,20H,1-6,10-12,21H2,(H,22,23);1H. The molecular formula is C20H29ClN2O. The minimum Gasteiger partial charge on any atom is -0.353 e. The normalized spacial score (nSPS) is 31.0. The van der Waals surface area contributed by atoms with Gasteiger partial charge in [0, 0.05) is 12.1 Å². The van der Waals surface area contributed by atoms with Gasteiger partial charge in [0.05, 0.1) is 6.42 Å². The van der Waals surface area contributed by atoms with Crippen molar-refractivity contribution in [3.05, 3.63) is 34.9 Å². The molecule has 0 saturated heterocycles. The zero-order valence-corrected chi connectivity index (χ0v) is 15.1. The molecule has 2 fully saturated rings. The third-order valence-electron chi connectivity index (χ3n) is 6.23. The number of carbonyl (C=O) groups is 1. The molecular weight excluding hydrogens is 320 g/mol. The van der Waals surface area contributed by atoms with E-state index < -0.39 is 0 Å². The van der Waals surface area contributed by atoms with Crippen LogP contribution in [0.4, 0.5) is 0 Å². The van der Waals surface area contributed by atoms with Crippen LogP contribution in [-0.2, 0) is 24.1 Å². The van der Waals surface area contributed by atoms with E-state index >= 15 is 0 Å². The number of hydrogen-bond donors (Lipinski definition) is 2. The summed E-state index contributed by atoms with van der Waals surface area (Å²) < 4.78 is 0. The zero-order chi connectivity index (χ0) is 15.8. The molecule has 0 aromatic heterocycles. The van der Waals surface area contributed by atoms with E-state index in [9.17, 15) is 4.79 Å². The van der Waals surface area contributed by atoms with Crippen molar-refractivity contribution in [2.24, 2.45) is 17.6 Å². The topological polar surface area (TPSA) is 55.1 Å². The molecule has 1 aromatic carbocycles. The van der Waals surface area contributed by atoms with Crippen LogP contribution < -0.4 is 11.1 Å². The van der Waals surface area contributed by atoms with Gasteiger partial charge in [-0.3, -0.25) is 4.79 Å². The summed E-state index contributed by atoms with van der Waals surface area (Å²) in [6.45, 7) is 0. The van der Waals surface area contributed by atoms with Crippen LogP contribution in [0.15, 0.2) is 18.2 Å². The van der Waals surface area contributed by atoms with Gasteiger partial charge in [0.2, 0.25) is 5.91 Å². The van der Waals surface area contributed by atoms with E-state index in [-0.39, 0.29) is 18.3 Å². The van der Waals surface area contributed by atoms with Gasteiger partial charge in [-0.05, 0) is 73.5 Å². The van der Waals surface area contributed by atoms with Crippen LogP contribution in [0.5, 0.6) is 0 Å². The fourth-order valence-corrected chi connectivity index (χ4v) is 5.18. The average molecular weight is 349 g/mol. The van der Waals surface area contributed by atoms with Crippen LogP contribution in [0.2, 0.25) is 0 Å². The molecule has 3 aliphatic carbocycles. The number of aryl methyl sites for hydroxylation is 2. The summed E-state index contributed by atoms with van der Waals surface area (Å²) in [6.07, 6.45) is 10.1. The van der Waals surface area contributed by atoms with Crippen molar-refractivity contribution in [1.82, 2.24) is 5.32 Å². The Hall–Kier alpha value is -1.06. The molecule has 0 spiro atoms. The minimum absolute atomic E-state index is 0. The molecule has 0 heterocycles. The first-order valence-corrected chi connectivity index (χ1v) is 9.34. The highest BCUT2D eigenvalue weighted by atomic mass is 35.5. The Morgan fingerprint density at radius 2 is 1.79 bits per heavy atom. The Kier molecular flexibility index (Phi) is 5.51. The van der Waals surface area contributed by atoms with E-state index in [2.05, 4.69) is 23.5 Å². The number of benzene rings is 1. The summed E-state index contributed by atoms with van der Waals surface area (Å²) in [5, 5.41) is 3.36. The lowest BCUT2D eigenvalue weighted by molar-refractivity contribution is -0.122. The largest absolute Gasteiger partial charge is 0.353 e. The summed E-state index contributed by atoms with van der Waals surface area (Å²) in [5.41, 5.74) is 10.3. The van der Waals surface area contributed by atoms with Gasteiger partial charge in [-0.15, -0.1) is 12.4 Å². The predicted molar refractivity (Wildman–Crippen MR) is 99.4 cm³/mol. The van der Waals surface area contributed by atoms with E-state index in [1.807, 2.05) is 0 Å². The maximum absolute atomic E-state index is 12.6. The lowest BCUT2D eigenvalue weighted by atomic mass is 9.67. The third-order valence-corrected chi connectivity index (χ3v) is 6.23. The maximum atomic E-state index is 12.6. The summed E-state index contributed by atoms with van der Waals surface area (Å²) in [5.74, 6) is 1.39. The highest BCUT2D eigenvalue weighted by molar-refractivity contribution is 5.85. The number of halogens is 1. The van der Waals surface area contributed by atoms with Crippen molar-refractivity contribution in [1.29, 1.82) is 0 Å². The Morgan fingerprint density at radius 3 is 2.54 bits per heavy atom. The van der Waals surface area contributed by atoms with Crippen LogP contribution in [-0.4, -0.2) is 18.0 Å². The second-order valence-electron chi connectivity index (χ2n) is 7.91. The fourth-order valence-electron chi connectivity index (χ4n) is 5.18. The predicted octanol–water partition coefficient (Wildman–Crippen LogP) is 3.16. The molecule has 3 N–H and O–H groups in total. The van der Waals surface area contributed by atoms with Gasteiger partial charge in [0.1, 0.15) is 0 Å². The Labute approximate surface area is 151 Å². The fraction of sp³-hybridized carbons (Fsp3) is 0.650. The number of amides is 1. The molecule has 1 amide bonds. The number of nitrogens with one attached hydrogen (secondary N) is 1. The Morgan fingerprint density at radius 1 is 1.08 bits per heavy atom. The first kappa shape index (κ1) is 17.8. The first-order chi connectivity index (χ1) is 11.2. The van der Waals surface area contributed by atoms with Crippen molar-refractivity contribution >= 4 is 18.3 Å². The summed E-state index contributed by atoms with van der Waals surface area (Å²) in [4.78, 5) is 12.6. The van der Waals surface area contributed by atoms with Gasteiger partial charge in [-0.1, -0.05) is 24.6 Å². The van der Waals surface area contributed by atoms with Crippen molar-refractivity contribution in [3.8, 4) is 0 Å². The number of rotatable bonds is 3. The molecule has 0 radical (unpaired) electrons. The molecule has 2 atom stereocenters. The molecule has 2 bridgehead atoms. The second-order valence-corrected chi connectivity index (χ2v) is 7.91. The first-order valence-electron chi connectivity index (χ1n) is 9.34. The highest BCUT2D eigenvalue weighted by Gasteiger charge is 2.39. The highest BCUT2D eigenvalue weighted by Crippen LogP contribution is 2.39. The van der Waals surface area contributed by atoms with E-state index in [1.54, 1.807) is 0 Å². The van der Waals surface area contributed by atoms with Crippen molar-refractivity contribution in [2.45, 2.75) is 69.9 Å². The van der Waals surface area contributed by atoms with Crippen LogP contribution >= 0.6 is 12.4 Å². The lowest BCUT2D eigenvalue weighted by Gasteiger charge is -2.45. The van der Waals surface area contributed by atoms with Gasteiger partial charge < -0.3 is 11.1 Å². The number of hydrogen-bond acceptors (Lipinski definition) is 2. The molecule has 132 valence electrons. The van der Waals surface area contributed by atoms with Gasteiger partial charge in [-0.25, -0.2) is 0 Å². The molecule has 24 heavy (non-hydrogen) atoms. The number of nitrogens with two attached hydrogens (primary N) is 1. The van der Waals surface area contributed by atoms with Crippen LogP contribution in [0.3, 0.4) is 0 Å². The van der Waals surface area contributed by atoms with Crippen molar-refractivity contribution in [2.75, 3.05) is 0 Å². The van der Waals surface area contributed by atoms with Gasteiger partial charge >= 0.3 is 0 Å². The smallest absolute Gasteiger partial charge is 0.224 e. The second kappa shape index (κ2) is 7.45. The van der Waals surface area contributed by atoms with E-state index in [0.717, 1.165) is 12.8 Å².